The molecule has 1 N–H and O–H groups in total. The number of hydrogen-bond acceptors (Lipinski definition) is 5. The number of carbonyl (C=O) groups excluding carboxylic acids is 1. The molecular formula is C18H18ClN3O4. The second-order valence-electron chi connectivity index (χ2n) is 5.92. The van der Waals surface area contributed by atoms with Crippen molar-refractivity contribution in [3.8, 4) is 5.75 Å². The maximum atomic E-state index is 13.0. The van der Waals surface area contributed by atoms with Gasteiger partial charge < -0.3 is 15.0 Å². The van der Waals surface area contributed by atoms with Gasteiger partial charge in [-0.05, 0) is 29.8 Å². The smallest absolute Gasteiger partial charge is 0.311 e. The third kappa shape index (κ3) is 3.63. The Morgan fingerprint density at radius 3 is 2.85 bits per heavy atom. The summed E-state index contributed by atoms with van der Waals surface area (Å²) in [6.45, 7) is 1.74. The third-order valence-electron chi connectivity index (χ3n) is 4.36. The normalized spacial score (nSPS) is 17.0. The Kier molecular flexibility index (Phi) is 5.39. The zero-order chi connectivity index (χ0) is 18.7. The van der Waals surface area contributed by atoms with Gasteiger partial charge in [-0.25, -0.2) is 0 Å². The van der Waals surface area contributed by atoms with Crippen LogP contribution >= 0.6 is 11.6 Å². The van der Waals surface area contributed by atoms with E-state index in [1.807, 2.05) is 18.2 Å². The zero-order valence-electron chi connectivity index (χ0n) is 14.1. The van der Waals surface area contributed by atoms with Gasteiger partial charge in [-0.2, -0.15) is 0 Å². The number of benzene rings is 2. The number of nitro benzene ring substituents is 1. The van der Waals surface area contributed by atoms with E-state index in [4.69, 9.17) is 16.3 Å². The fourth-order valence-electron chi connectivity index (χ4n) is 3.09. The Bertz CT molecular complexity index is 843. The third-order valence-corrected chi connectivity index (χ3v) is 4.60. The first-order valence-electron chi connectivity index (χ1n) is 8.11. The van der Waals surface area contributed by atoms with E-state index in [9.17, 15) is 14.9 Å². The summed E-state index contributed by atoms with van der Waals surface area (Å²) < 4.78 is 5.00. The summed E-state index contributed by atoms with van der Waals surface area (Å²) >= 11 is 6.08. The van der Waals surface area contributed by atoms with Crippen LogP contribution in [-0.4, -0.2) is 42.5 Å². The monoisotopic (exact) mass is 375 g/mol. The molecule has 1 saturated heterocycles. The summed E-state index contributed by atoms with van der Waals surface area (Å²) in [5.41, 5.74) is 0.945. The van der Waals surface area contributed by atoms with Crippen molar-refractivity contribution in [1.82, 2.24) is 10.2 Å². The molecule has 1 fully saturated rings. The Balaban J connectivity index is 1.94. The molecule has 0 bridgehead atoms. The Labute approximate surface area is 155 Å². The second kappa shape index (κ2) is 7.72. The van der Waals surface area contributed by atoms with Crippen LogP contribution in [0.3, 0.4) is 0 Å². The van der Waals surface area contributed by atoms with Crippen molar-refractivity contribution in [3.05, 3.63) is 68.7 Å². The molecule has 1 unspecified atom stereocenters. The number of nitrogens with zero attached hydrogens (tertiary/aromatic N) is 2. The van der Waals surface area contributed by atoms with Crippen LogP contribution in [0.1, 0.15) is 22.0 Å². The van der Waals surface area contributed by atoms with Gasteiger partial charge in [0, 0.05) is 36.3 Å². The maximum Gasteiger partial charge on any atom is 0.311 e. The van der Waals surface area contributed by atoms with Gasteiger partial charge in [0.2, 0.25) is 0 Å². The molecular weight excluding hydrogens is 358 g/mol. The predicted octanol–water partition coefficient (Wildman–Crippen LogP) is 3.04. The average molecular weight is 376 g/mol. The lowest BCUT2D eigenvalue weighted by atomic mass is 10.0. The minimum Gasteiger partial charge on any atom is -0.490 e. The lowest BCUT2D eigenvalue weighted by Gasteiger charge is -2.36. The van der Waals surface area contributed by atoms with Crippen LogP contribution in [0.15, 0.2) is 42.5 Å². The lowest BCUT2D eigenvalue weighted by Crippen LogP contribution is -2.48. The van der Waals surface area contributed by atoms with E-state index in [-0.39, 0.29) is 28.9 Å². The molecule has 0 radical (unpaired) electrons. The molecule has 0 saturated carbocycles. The molecule has 1 aliphatic heterocycles. The van der Waals surface area contributed by atoms with Crippen LogP contribution in [0.4, 0.5) is 5.69 Å². The van der Waals surface area contributed by atoms with E-state index < -0.39 is 4.92 Å². The minimum absolute atomic E-state index is 0.123. The highest BCUT2D eigenvalue weighted by atomic mass is 35.5. The molecule has 0 aromatic heterocycles. The van der Waals surface area contributed by atoms with Crippen LogP contribution in [0.5, 0.6) is 5.75 Å². The van der Waals surface area contributed by atoms with Crippen LogP contribution < -0.4 is 10.1 Å². The second-order valence-corrected chi connectivity index (χ2v) is 6.35. The van der Waals surface area contributed by atoms with Gasteiger partial charge in [0.1, 0.15) is 0 Å². The molecule has 1 amide bonds. The Hall–Kier alpha value is -2.64. The maximum absolute atomic E-state index is 13.0. The quantitative estimate of drug-likeness (QED) is 0.655. The van der Waals surface area contributed by atoms with Gasteiger partial charge >= 0.3 is 5.69 Å². The highest BCUT2D eigenvalue weighted by molar-refractivity contribution is 6.30. The molecule has 3 rings (SSSR count). The van der Waals surface area contributed by atoms with Gasteiger partial charge in [-0.1, -0.05) is 23.7 Å². The molecule has 0 spiro atoms. The standard InChI is InChI=1S/C18H18ClN3O4/c1-26-17-6-5-13(10-15(17)22(24)25)18(23)21-8-7-20-11-16(21)12-3-2-4-14(19)9-12/h2-6,9-10,16,20H,7-8,11H2,1H3. The molecule has 2 aromatic carbocycles. The minimum atomic E-state index is -0.554. The number of ether oxygens (including phenoxy) is 1. The molecule has 1 atom stereocenters. The van der Waals surface area contributed by atoms with E-state index in [0.29, 0.717) is 24.7 Å². The highest BCUT2D eigenvalue weighted by Gasteiger charge is 2.30. The number of hydrogen-bond donors (Lipinski definition) is 1. The SMILES string of the molecule is COc1ccc(C(=O)N2CCNCC2c2cccc(Cl)c2)cc1[N+](=O)[O-]. The molecule has 7 nitrogen and oxygen atoms in total. The fraction of sp³-hybridized carbons (Fsp3) is 0.278. The largest absolute Gasteiger partial charge is 0.490 e. The number of halogens is 1. The molecule has 0 aliphatic carbocycles. The molecule has 8 heteroatoms. The first-order valence-corrected chi connectivity index (χ1v) is 8.48. The van der Waals surface area contributed by atoms with Crippen LogP contribution in [-0.2, 0) is 0 Å². The molecule has 1 heterocycles. The van der Waals surface area contributed by atoms with Crippen LogP contribution in [0.25, 0.3) is 0 Å². The summed E-state index contributed by atoms with van der Waals surface area (Å²) in [4.78, 5) is 25.4. The summed E-state index contributed by atoms with van der Waals surface area (Å²) in [6, 6.07) is 11.4. The van der Waals surface area contributed by atoms with E-state index in [1.54, 1.807) is 17.0 Å². The van der Waals surface area contributed by atoms with Crippen molar-refractivity contribution in [2.45, 2.75) is 6.04 Å². The first kappa shape index (κ1) is 18.2. The topological polar surface area (TPSA) is 84.7 Å². The number of nitrogens with one attached hydrogen (secondary N) is 1. The molecule has 1 aliphatic rings. The van der Waals surface area contributed by atoms with Crippen molar-refractivity contribution in [3.63, 3.8) is 0 Å². The predicted molar refractivity (Wildman–Crippen MR) is 97.7 cm³/mol. The Morgan fingerprint density at radius 2 is 2.15 bits per heavy atom. The van der Waals surface area contributed by atoms with Crippen molar-refractivity contribution in [1.29, 1.82) is 0 Å². The van der Waals surface area contributed by atoms with Gasteiger partial charge in [0.05, 0.1) is 18.1 Å². The molecule has 136 valence electrons. The van der Waals surface area contributed by atoms with Crippen LogP contribution in [0.2, 0.25) is 5.02 Å². The summed E-state index contributed by atoms with van der Waals surface area (Å²) in [7, 11) is 1.36. The number of methoxy groups -OCH3 is 1. The highest BCUT2D eigenvalue weighted by Crippen LogP contribution is 2.30. The van der Waals surface area contributed by atoms with Crippen molar-refractivity contribution >= 4 is 23.2 Å². The van der Waals surface area contributed by atoms with Gasteiger partial charge in [-0.3, -0.25) is 14.9 Å². The summed E-state index contributed by atoms with van der Waals surface area (Å²) in [6.07, 6.45) is 0. The van der Waals surface area contributed by atoms with E-state index in [1.165, 1.54) is 19.2 Å². The molecule has 26 heavy (non-hydrogen) atoms. The van der Waals surface area contributed by atoms with Crippen molar-refractivity contribution < 1.29 is 14.5 Å². The first-order chi connectivity index (χ1) is 12.5. The van der Waals surface area contributed by atoms with Gasteiger partial charge in [-0.15, -0.1) is 0 Å². The van der Waals surface area contributed by atoms with E-state index >= 15 is 0 Å². The average Bonchev–Trinajstić information content (AvgIpc) is 2.66. The van der Waals surface area contributed by atoms with Crippen molar-refractivity contribution in [2.24, 2.45) is 0 Å². The number of rotatable bonds is 4. The molecule has 2 aromatic rings. The fourth-order valence-corrected chi connectivity index (χ4v) is 3.29. The van der Waals surface area contributed by atoms with Gasteiger partial charge in [0.15, 0.2) is 5.75 Å². The number of nitro groups is 1. The van der Waals surface area contributed by atoms with Crippen LogP contribution in [0, 0.1) is 10.1 Å². The zero-order valence-corrected chi connectivity index (χ0v) is 14.9. The van der Waals surface area contributed by atoms with Crippen molar-refractivity contribution in [2.75, 3.05) is 26.7 Å². The van der Waals surface area contributed by atoms with E-state index in [0.717, 1.165) is 5.56 Å². The van der Waals surface area contributed by atoms with Gasteiger partial charge in [0.25, 0.3) is 5.91 Å². The van der Waals surface area contributed by atoms with E-state index in [2.05, 4.69) is 5.32 Å². The number of piperazine rings is 1. The number of carbonyl (C=O) groups is 1. The summed E-state index contributed by atoms with van der Waals surface area (Å²) in [5.74, 6) is -0.138. The summed E-state index contributed by atoms with van der Waals surface area (Å²) in [5, 5.41) is 15.1. The number of amides is 1. The lowest BCUT2D eigenvalue weighted by molar-refractivity contribution is -0.385. The Morgan fingerprint density at radius 1 is 1.35 bits per heavy atom.